The van der Waals surface area contributed by atoms with Crippen molar-refractivity contribution in [3.05, 3.63) is 0 Å². The number of nitrogens with zero attached hydrogens (tertiary/aromatic N) is 6. The number of amides is 6. The molecule has 0 aromatic carbocycles. The number of carbonyl (C=O) groups is 7. The van der Waals surface area contributed by atoms with Gasteiger partial charge in [0.15, 0.2) is 0 Å². The number of unbranched alkanes of at least 4 members (excludes halogenated alkanes) is 1. The molecule has 20 heteroatoms. The molecule has 6 amide bonds. The van der Waals surface area contributed by atoms with Crippen LogP contribution in [0.2, 0.25) is 0 Å². The molecule has 243 valence electrons. The summed E-state index contributed by atoms with van der Waals surface area (Å²) in [6.45, 7) is 1.09. The predicted octanol–water partition coefficient (Wildman–Crippen LogP) is -4.14. The van der Waals surface area contributed by atoms with Crippen LogP contribution in [0.25, 0.3) is 0 Å². The van der Waals surface area contributed by atoms with Crippen LogP contribution >= 0.6 is 0 Å². The van der Waals surface area contributed by atoms with E-state index in [4.69, 9.17) is 22.9 Å². The number of nitrogens with one attached hydrogen (secondary N) is 4. The second-order valence-corrected chi connectivity index (χ2v) is 9.78. The van der Waals surface area contributed by atoms with Crippen molar-refractivity contribution >= 4 is 64.1 Å². The summed E-state index contributed by atoms with van der Waals surface area (Å²) >= 11 is 0. The van der Waals surface area contributed by atoms with Crippen molar-refractivity contribution in [2.75, 3.05) is 92.1 Å². The Kier molecular flexibility index (Phi) is 23.1. The van der Waals surface area contributed by atoms with Crippen LogP contribution in [0.5, 0.6) is 0 Å². The fourth-order valence-electron chi connectivity index (χ4n) is 3.77. The molecule has 17 nitrogen and oxygen atoms in total. The maximum atomic E-state index is 12.4. The molecule has 4 N–H and O–H groups in total. The second-order valence-electron chi connectivity index (χ2n) is 9.78. The molecule has 3 radical (unpaired) electrons. The zero-order valence-corrected chi connectivity index (χ0v) is 26.1. The van der Waals surface area contributed by atoms with Gasteiger partial charge in [0.1, 0.15) is 0 Å². The molecular formula is C25H42B3N10O7. The minimum atomic E-state index is -0.519. The van der Waals surface area contributed by atoms with Gasteiger partial charge >= 0.3 is 267 Å². The average molecular weight is 627 g/mol. The van der Waals surface area contributed by atoms with E-state index in [1.54, 1.807) is 7.05 Å². The molecule has 0 aromatic heterocycles. The monoisotopic (exact) mass is 627 g/mol. The first kappa shape index (κ1) is 41.0. The second kappa shape index (κ2) is 25.4. The number of Topliss-reactive ketones (excluding diaryl/α,β-unsaturated/α-hetero) is 1. The van der Waals surface area contributed by atoms with Gasteiger partial charge in [-0.05, 0) is 0 Å². The van der Waals surface area contributed by atoms with Crippen LogP contribution in [-0.2, 0) is 33.6 Å². The van der Waals surface area contributed by atoms with Gasteiger partial charge in [-0.2, -0.15) is 0 Å². The third kappa shape index (κ3) is 20.6. The van der Waals surface area contributed by atoms with E-state index in [0.29, 0.717) is 19.4 Å². The van der Waals surface area contributed by atoms with Gasteiger partial charge in [-0.15, -0.1) is 0 Å². The van der Waals surface area contributed by atoms with Crippen LogP contribution in [0.1, 0.15) is 26.2 Å². The number of hydrogen-bond donors (Lipinski definition) is 4. The Bertz CT molecular complexity index is 1050. The summed E-state index contributed by atoms with van der Waals surface area (Å²) in [5.74, 6) is -2.74. The van der Waals surface area contributed by atoms with Crippen LogP contribution in [0.4, 0.5) is 0 Å². The van der Waals surface area contributed by atoms with Crippen LogP contribution in [0.15, 0.2) is 14.7 Å². The van der Waals surface area contributed by atoms with E-state index in [2.05, 4.69) is 36.0 Å². The van der Waals surface area contributed by atoms with Crippen molar-refractivity contribution in [2.24, 2.45) is 14.7 Å². The van der Waals surface area contributed by atoms with E-state index in [9.17, 15) is 33.6 Å². The van der Waals surface area contributed by atoms with Crippen molar-refractivity contribution < 1.29 is 33.6 Å². The van der Waals surface area contributed by atoms with Gasteiger partial charge in [0.25, 0.3) is 0 Å². The summed E-state index contributed by atoms with van der Waals surface area (Å²) in [7, 11) is 16.9. The van der Waals surface area contributed by atoms with Gasteiger partial charge < -0.3 is 0 Å². The summed E-state index contributed by atoms with van der Waals surface area (Å²) < 4.78 is 0. The predicted molar refractivity (Wildman–Crippen MR) is 166 cm³/mol. The van der Waals surface area contributed by atoms with E-state index in [0.717, 1.165) is 0 Å². The molecule has 0 saturated heterocycles. The molecular weight excluding hydrogens is 585 g/mol. The molecule has 0 rings (SSSR count). The Balaban J connectivity index is 4.56. The molecule has 0 heterocycles. The van der Waals surface area contributed by atoms with E-state index in [1.165, 1.54) is 21.6 Å². The number of ketones is 1. The zero-order valence-electron chi connectivity index (χ0n) is 26.1. The number of carbonyl (C=O) groups excluding carboxylic acids is 7. The normalized spacial score (nSPS) is 10.1. The molecule has 0 atom stereocenters. The minimum absolute atomic E-state index is 0.00723. The molecule has 0 saturated carbocycles. The number of hydrogen-bond acceptors (Lipinski definition) is 11. The Hall–Kier alpha value is -3.96. The topological polar surface area (TPSA) is 214 Å². The molecule has 0 aliphatic heterocycles. The Morgan fingerprint density at radius 3 is 1.38 bits per heavy atom. The molecule has 0 fully saturated rings. The number of likely N-dealkylation sites (N-methyl/N-ethyl adjacent to an activating group) is 1. The standard InChI is InChI=1S/C25H42B3N10O7/c1-19(39)16-36(23(43)13-33-26)11-8-31-20(40)5-3-4-6-30-21(41)17-38(25(45)15-35-28)12-9-32-22(42)18-37(10-7-29-2)24(44)14-34-27/h29H,3-18H2,1-2H3,(H,30,41)(H,31,40)(H,32,42). The van der Waals surface area contributed by atoms with Crippen LogP contribution in [-0.4, -0.2) is 171 Å². The summed E-state index contributed by atoms with van der Waals surface area (Å²) in [6.07, 6.45) is 1.12. The van der Waals surface area contributed by atoms with Gasteiger partial charge in [0.2, 0.25) is 0 Å². The molecule has 0 aliphatic rings. The molecule has 0 bridgehead atoms. The van der Waals surface area contributed by atoms with Gasteiger partial charge in [0.05, 0.1) is 0 Å². The van der Waals surface area contributed by atoms with Crippen molar-refractivity contribution in [3.63, 3.8) is 0 Å². The van der Waals surface area contributed by atoms with Crippen LogP contribution < -0.4 is 21.3 Å². The fourth-order valence-corrected chi connectivity index (χ4v) is 3.77. The first-order valence-electron chi connectivity index (χ1n) is 14.4. The van der Waals surface area contributed by atoms with Gasteiger partial charge in [-0.25, -0.2) is 0 Å². The molecule has 0 spiro atoms. The van der Waals surface area contributed by atoms with Crippen molar-refractivity contribution in [1.82, 2.24) is 36.0 Å². The van der Waals surface area contributed by atoms with E-state index in [1.807, 2.05) is 0 Å². The van der Waals surface area contributed by atoms with Gasteiger partial charge in [-0.1, -0.05) is 0 Å². The SMILES string of the molecule is [B]=NCC(=O)N(CCNC(=O)CCCCNC(=O)CN(CCNC(=O)CN(CCNC)C(=O)CN=[B])C(=O)CN=[B])CC(C)=O. The average Bonchev–Trinajstić information content (AvgIpc) is 2.98. The first-order chi connectivity index (χ1) is 21.5. The van der Waals surface area contributed by atoms with Crippen LogP contribution in [0, 0.1) is 0 Å². The summed E-state index contributed by atoms with van der Waals surface area (Å²) in [5.41, 5.74) is 0. The fraction of sp³-hybridized carbons (Fsp3) is 0.720. The summed E-state index contributed by atoms with van der Waals surface area (Å²) in [6, 6.07) is 0. The third-order valence-electron chi connectivity index (χ3n) is 6.01. The summed E-state index contributed by atoms with van der Waals surface area (Å²) in [4.78, 5) is 98.4. The van der Waals surface area contributed by atoms with Crippen molar-refractivity contribution in [2.45, 2.75) is 26.2 Å². The van der Waals surface area contributed by atoms with E-state index in [-0.39, 0.29) is 96.6 Å². The van der Waals surface area contributed by atoms with E-state index >= 15 is 0 Å². The Labute approximate surface area is 266 Å². The third-order valence-corrected chi connectivity index (χ3v) is 6.01. The Morgan fingerprint density at radius 2 is 0.956 bits per heavy atom. The molecule has 0 unspecified atom stereocenters. The summed E-state index contributed by atoms with van der Waals surface area (Å²) in [5, 5.41) is 10.8. The molecule has 45 heavy (non-hydrogen) atoms. The first-order valence-corrected chi connectivity index (χ1v) is 14.4. The number of rotatable bonds is 26. The quantitative estimate of drug-likeness (QED) is 0.0545. The van der Waals surface area contributed by atoms with Crippen molar-refractivity contribution in [3.8, 4) is 0 Å². The van der Waals surface area contributed by atoms with Gasteiger partial charge in [0, 0.05) is 0 Å². The molecule has 0 aromatic rings. The zero-order chi connectivity index (χ0) is 34.0. The Morgan fingerprint density at radius 1 is 0.556 bits per heavy atom. The van der Waals surface area contributed by atoms with Crippen LogP contribution in [0.3, 0.4) is 0 Å². The van der Waals surface area contributed by atoms with Crippen molar-refractivity contribution in [1.29, 1.82) is 0 Å². The molecule has 0 aliphatic carbocycles. The van der Waals surface area contributed by atoms with Gasteiger partial charge in [-0.3, -0.25) is 0 Å². The maximum absolute atomic E-state index is 12.4. The van der Waals surface area contributed by atoms with E-state index < -0.39 is 29.5 Å².